The molecule has 6 nitrogen and oxygen atoms in total. The molecule has 0 saturated carbocycles. The maximum atomic E-state index is 12.4. The first kappa shape index (κ1) is 23.3. The van der Waals surface area contributed by atoms with E-state index in [0.717, 1.165) is 27.9 Å². The summed E-state index contributed by atoms with van der Waals surface area (Å²) in [7, 11) is -3.48. The van der Waals surface area contributed by atoms with Gasteiger partial charge in [-0.3, -0.25) is 9.10 Å². The second-order valence-corrected chi connectivity index (χ2v) is 9.79. The molecule has 0 saturated heterocycles. The van der Waals surface area contributed by atoms with E-state index in [1.807, 2.05) is 63.2 Å². The highest BCUT2D eigenvalue weighted by molar-refractivity contribution is 7.92. The summed E-state index contributed by atoms with van der Waals surface area (Å²) < 4.78 is 31.6. The Morgan fingerprint density at radius 1 is 0.906 bits per heavy atom. The third-order valence-electron chi connectivity index (χ3n) is 5.13. The topological polar surface area (TPSA) is 75.7 Å². The summed E-state index contributed by atoms with van der Waals surface area (Å²) in [4.78, 5) is 12.2. The van der Waals surface area contributed by atoms with Crippen LogP contribution in [0.15, 0.2) is 66.7 Å². The largest absolute Gasteiger partial charge is 0.484 e. The van der Waals surface area contributed by atoms with Crippen LogP contribution in [0.25, 0.3) is 0 Å². The van der Waals surface area contributed by atoms with E-state index in [2.05, 4.69) is 5.32 Å². The number of anilines is 2. The van der Waals surface area contributed by atoms with Crippen molar-refractivity contribution in [2.45, 2.75) is 27.3 Å². The number of nitrogens with zero attached hydrogens (tertiary/aromatic N) is 1. The summed E-state index contributed by atoms with van der Waals surface area (Å²) in [6.45, 7) is 6.07. The maximum Gasteiger partial charge on any atom is 0.262 e. The molecule has 1 N–H and O–H groups in total. The van der Waals surface area contributed by atoms with Crippen LogP contribution in [0.5, 0.6) is 5.75 Å². The van der Waals surface area contributed by atoms with Crippen molar-refractivity contribution in [1.29, 1.82) is 0 Å². The summed E-state index contributed by atoms with van der Waals surface area (Å²) in [6.07, 6.45) is 1.18. The average Bonchev–Trinajstić information content (AvgIpc) is 2.74. The molecule has 3 aromatic carbocycles. The van der Waals surface area contributed by atoms with Crippen molar-refractivity contribution in [2.24, 2.45) is 0 Å². The normalized spacial score (nSPS) is 11.1. The SMILES string of the molecule is Cc1ccc(CN(c2ccc(OCC(=O)Nc3ccc(C)c(C)c3)cc2)S(C)(=O)=O)cc1. The van der Waals surface area contributed by atoms with Gasteiger partial charge in [-0.25, -0.2) is 8.42 Å². The van der Waals surface area contributed by atoms with Crippen LogP contribution in [-0.2, 0) is 21.4 Å². The monoisotopic (exact) mass is 452 g/mol. The van der Waals surface area contributed by atoms with Crippen LogP contribution >= 0.6 is 0 Å². The van der Waals surface area contributed by atoms with E-state index in [1.165, 1.54) is 10.6 Å². The van der Waals surface area contributed by atoms with Crippen molar-refractivity contribution >= 4 is 27.3 Å². The number of carbonyl (C=O) groups excluding carboxylic acids is 1. The Labute approximate surface area is 189 Å². The number of sulfonamides is 1. The average molecular weight is 453 g/mol. The zero-order valence-electron chi connectivity index (χ0n) is 18.8. The van der Waals surface area contributed by atoms with Gasteiger partial charge in [0.2, 0.25) is 10.0 Å². The first-order valence-corrected chi connectivity index (χ1v) is 12.1. The lowest BCUT2D eigenvalue weighted by atomic mass is 10.1. The Morgan fingerprint density at radius 2 is 1.56 bits per heavy atom. The van der Waals surface area contributed by atoms with E-state index in [0.29, 0.717) is 11.4 Å². The van der Waals surface area contributed by atoms with E-state index in [-0.39, 0.29) is 19.1 Å². The Morgan fingerprint density at radius 3 is 2.16 bits per heavy atom. The van der Waals surface area contributed by atoms with Crippen LogP contribution in [-0.4, -0.2) is 27.2 Å². The molecule has 1 amide bonds. The molecule has 3 rings (SSSR count). The second-order valence-electron chi connectivity index (χ2n) is 7.89. The smallest absolute Gasteiger partial charge is 0.262 e. The van der Waals surface area contributed by atoms with Crippen LogP contribution in [0.4, 0.5) is 11.4 Å². The number of nitrogens with one attached hydrogen (secondary N) is 1. The number of rotatable bonds is 8. The molecule has 0 aliphatic carbocycles. The summed E-state index contributed by atoms with van der Waals surface area (Å²) in [6, 6.07) is 20.1. The molecule has 0 bridgehead atoms. The molecule has 3 aromatic rings. The Bertz CT molecular complexity index is 1190. The molecular weight excluding hydrogens is 424 g/mol. The Balaban J connectivity index is 1.63. The summed E-state index contributed by atoms with van der Waals surface area (Å²) in [5.41, 5.74) is 5.51. The highest BCUT2D eigenvalue weighted by Crippen LogP contribution is 2.24. The number of amides is 1. The first-order chi connectivity index (χ1) is 15.1. The third-order valence-corrected chi connectivity index (χ3v) is 6.27. The van der Waals surface area contributed by atoms with Crippen molar-refractivity contribution < 1.29 is 17.9 Å². The molecule has 0 fully saturated rings. The molecule has 0 atom stereocenters. The van der Waals surface area contributed by atoms with Gasteiger partial charge < -0.3 is 10.1 Å². The van der Waals surface area contributed by atoms with Gasteiger partial charge in [0, 0.05) is 5.69 Å². The van der Waals surface area contributed by atoms with Gasteiger partial charge in [-0.15, -0.1) is 0 Å². The van der Waals surface area contributed by atoms with Gasteiger partial charge in [-0.05, 0) is 73.9 Å². The van der Waals surface area contributed by atoms with E-state index in [9.17, 15) is 13.2 Å². The van der Waals surface area contributed by atoms with Crippen molar-refractivity contribution in [3.63, 3.8) is 0 Å². The minimum absolute atomic E-state index is 0.147. The number of aryl methyl sites for hydroxylation is 3. The van der Waals surface area contributed by atoms with Crippen LogP contribution in [0.3, 0.4) is 0 Å². The molecule has 0 radical (unpaired) electrons. The van der Waals surface area contributed by atoms with Crippen molar-refractivity contribution in [3.05, 3.63) is 89.0 Å². The highest BCUT2D eigenvalue weighted by atomic mass is 32.2. The van der Waals surface area contributed by atoms with Crippen LogP contribution in [0, 0.1) is 20.8 Å². The van der Waals surface area contributed by atoms with Gasteiger partial charge in [0.1, 0.15) is 5.75 Å². The van der Waals surface area contributed by atoms with Gasteiger partial charge in [-0.1, -0.05) is 35.9 Å². The van der Waals surface area contributed by atoms with E-state index in [1.54, 1.807) is 24.3 Å². The van der Waals surface area contributed by atoms with Gasteiger partial charge >= 0.3 is 0 Å². The molecule has 0 aliphatic heterocycles. The van der Waals surface area contributed by atoms with Crippen LogP contribution < -0.4 is 14.4 Å². The number of hydrogen-bond acceptors (Lipinski definition) is 4. The molecular formula is C25H28N2O4S. The lowest BCUT2D eigenvalue weighted by Crippen LogP contribution is -2.29. The molecule has 0 spiro atoms. The highest BCUT2D eigenvalue weighted by Gasteiger charge is 2.18. The minimum atomic E-state index is -3.48. The lowest BCUT2D eigenvalue weighted by molar-refractivity contribution is -0.118. The fourth-order valence-electron chi connectivity index (χ4n) is 3.13. The molecule has 0 aliphatic rings. The number of carbonyl (C=O) groups is 1. The van der Waals surface area contributed by atoms with Crippen LogP contribution in [0.2, 0.25) is 0 Å². The quantitative estimate of drug-likeness (QED) is 0.542. The predicted octanol–water partition coefficient (Wildman–Crippen LogP) is 4.60. The summed E-state index contributed by atoms with van der Waals surface area (Å²) in [5.74, 6) is 0.210. The lowest BCUT2D eigenvalue weighted by Gasteiger charge is -2.23. The molecule has 168 valence electrons. The zero-order valence-corrected chi connectivity index (χ0v) is 19.6. The Kier molecular flexibility index (Phi) is 7.20. The van der Waals surface area contributed by atoms with Gasteiger partial charge in [0.05, 0.1) is 18.5 Å². The van der Waals surface area contributed by atoms with E-state index in [4.69, 9.17) is 4.74 Å². The number of hydrogen-bond donors (Lipinski definition) is 1. The number of benzene rings is 3. The summed E-state index contributed by atoms with van der Waals surface area (Å²) >= 11 is 0. The van der Waals surface area contributed by atoms with Crippen molar-refractivity contribution in [3.8, 4) is 5.75 Å². The standard InChI is InChI=1S/C25H28N2O4S/c1-18-5-8-21(9-6-18)16-27(32(4,29)30)23-11-13-24(14-12-23)31-17-25(28)26-22-10-7-19(2)20(3)15-22/h5-15H,16-17H2,1-4H3,(H,26,28). The third kappa shape index (κ3) is 6.34. The molecule has 0 heterocycles. The van der Waals surface area contributed by atoms with Crippen LogP contribution in [0.1, 0.15) is 22.3 Å². The molecule has 7 heteroatoms. The maximum absolute atomic E-state index is 12.4. The number of ether oxygens (including phenoxy) is 1. The van der Waals surface area contributed by atoms with Gasteiger partial charge in [-0.2, -0.15) is 0 Å². The van der Waals surface area contributed by atoms with Crippen molar-refractivity contribution in [1.82, 2.24) is 0 Å². The molecule has 0 aromatic heterocycles. The van der Waals surface area contributed by atoms with E-state index < -0.39 is 10.0 Å². The zero-order chi connectivity index (χ0) is 23.3. The predicted molar refractivity (Wildman–Crippen MR) is 129 cm³/mol. The van der Waals surface area contributed by atoms with Crippen molar-refractivity contribution in [2.75, 3.05) is 22.5 Å². The molecule has 32 heavy (non-hydrogen) atoms. The fraction of sp³-hybridized carbons (Fsp3) is 0.240. The fourth-order valence-corrected chi connectivity index (χ4v) is 4.02. The second kappa shape index (κ2) is 9.87. The van der Waals surface area contributed by atoms with Gasteiger partial charge in [0.25, 0.3) is 5.91 Å². The summed E-state index contributed by atoms with van der Waals surface area (Å²) in [5, 5.41) is 2.81. The molecule has 0 unspecified atom stereocenters. The first-order valence-electron chi connectivity index (χ1n) is 10.2. The van der Waals surface area contributed by atoms with Gasteiger partial charge in [0.15, 0.2) is 6.61 Å². The Hall–Kier alpha value is -3.32. The van der Waals surface area contributed by atoms with E-state index >= 15 is 0 Å². The minimum Gasteiger partial charge on any atom is -0.484 e.